The molecule has 8 nitrogen and oxygen atoms in total. The fourth-order valence-electron chi connectivity index (χ4n) is 3.77. The van der Waals surface area contributed by atoms with E-state index in [4.69, 9.17) is 11.6 Å². The topological polar surface area (TPSA) is 104 Å². The zero-order valence-corrected chi connectivity index (χ0v) is 20.7. The summed E-state index contributed by atoms with van der Waals surface area (Å²) in [5.41, 5.74) is 0.930. The first-order valence-corrected chi connectivity index (χ1v) is 13.0. The van der Waals surface area contributed by atoms with Gasteiger partial charge >= 0.3 is 0 Å². The van der Waals surface area contributed by atoms with E-state index in [1.54, 1.807) is 36.1 Å². The van der Waals surface area contributed by atoms with Crippen LogP contribution < -0.4 is 5.32 Å². The molecule has 1 fully saturated rings. The highest BCUT2D eigenvalue weighted by Gasteiger charge is 2.39. The predicted molar refractivity (Wildman–Crippen MR) is 129 cm³/mol. The molecule has 1 aliphatic heterocycles. The summed E-state index contributed by atoms with van der Waals surface area (Å²) >= 11 is 5.90. The number of halogens is 1. The number of benzene rings is 2. The van der Waals surface area contributed by atoms with Gasteiger partial charge in [0.2, 0.25) is 21.1 Å². The van der Waals surface area contributed by atoms with E-state index in [1.165, 1.54) is 29.2 Å². The first-order valence-electron chi connectivity index (χ1n) is 11.1. The Morgan fingerprint density at radius 1 is 0.971 bits per heavy atom. The lowest BCUT2D eigenvalue weighted by Gasteiger charge is -2.36. The van der Waals surface area contributed by atoms with Gasteiger partial charge in [-0.2, -0.15) is 0 Å². The number of piperazine rings is 1. The maximum atomic E-state index is 13.5. The van der Waals surface area contributed by atoms with Crippen molar-refractivity contribution in [2.75, 3.05) is 26.2 Å². The third-order valence-electron chi connectivity index (χ3n) is 5.74. The molecule has 1 aliphatic rings. The minimum atomic E-state index is -4.28. The normalized spacial score (nSPS) is 15.0. The van der Waals surface area contributed by atoms with Crippen LogP contribution in [0, 0.1) is 6.92 Å². The fraction of sp³-hybridized carbons (Fsp3) is 0.375. The van der Waals surface area contributed by atoms with Crippen molar-refractivity contribution in [1.29, 1.82) is 0 Å². The summed E-state index contributed by atoms with van der Waals surface area (Å²) in [5, 5.41) is 0.973. The van der Waals surface area contributed by atoms with Gasteiger partial charge < -0.3 is 15.1 Å². The van der Waals surface area contributed by atoms with E-state index in [2.05, 4.69) is 5.32 Å². The molecule has 182 valence electrons. The van der Waals surface area contributed by atoms with Crippen LogP contribution in [-0.4, -0.2) is 67.5 Å². The zero-order chi connectivity index (χ0) is 24.9. The molecule has 2 aromatic carbocycles. The van der Waals surface area contributed by atoms with Gasteiger partial charge in [-0.1, -0.05) is 36.7 Å². The van der Waals surface area contributed by atoms with Crippen LogP contribution in [0.1, 0.15) is 35.7 Å². The molecule has 1 N–H and O–H groups in total. The molecule has 1 saturated heterocycles. The van der Waals surface area contributed by atoms with E-state index in [9.17, 15) is 22.8 Å². The summed E-state index contributed by atoms with van der Waals surface area (Å²) in [6.45, 7) is 4.63. The SMILES string of the molecule is CCCC(=O)N1CCN(C(=O)[C@H](NC(=O)c2ccccc2C)S(=O)(=O)c2ccc(Cl)cc2)CC1. The summed E-state index contributed by atoms with van der Waals surface area (Å²) in [7, 11) is -4.28. The van der Waals surface area contributed by atoms with Gasteiger partial charge in [0.05, 0.1) is 4.90 Å². The first-order chi connectivity index (χ1) is 16.1. The largest absolute Gasteiger partial charge is 0.339 e. The second-order valence-electron chi connectivity index (χ2n) is 8.12. The van der Waals surface area contributed by atoms with Crippen molar-refractivity contribution in [3.05, 3.63) is 64.7 Å². The zero-order valence-electron chi connectivity index (χ0n) is 19.2. The molecule has 0 saturated carbocycles. The lowest BCUT2D eigenvalue weighted by atomic mass is 10.1. The Labute approximate surface area is 204 Å². The molecular formula is C24H28ClN3O5S. The van der Waals surface area contributed by atoms with Crippen molar-refractivity contribution < 1.29 is 22.8 Å². The lowest BCUT2D eigenvalue weighted by Crippen LogP contribution is -2.57. The predicted octanol–water partition coefficient (Wildman–Crippen LogP) is 2.65. The van der Waals surface area contributed by atoms with E-state index in [1.807, 2.05) is 6.92 Å². The number of hydrogen-bond acceptors (Lipinski definition) is 5. The third-order valence-corrected chi connectivity index (χ3v) is 7.86. The lowest BCUT2D eigenvalue weighted by molar-refractivity contribution is -0.139. The molecule has 10 heteroatoms. The van der Waals surface area contributed by atoms with Gasteiger partial charge in [0.15, 0.2) is 0 Å². The smallest absolute Gasteiger partial charge is 0.261 e. The molecule has 3 rings (SSSR count). The number of aryl methyl sites for hydroxylation is 1. The highest BCUT2D eigenvalue weighted by atomic mass is 35.5. The van der Waals surface area contributed by atoms with Gasteiger partial charge in [0.25, 0.3) is 11.8 Å². The molecule has 0 aliphatic carbocycles. The standard InChI is InChI=1S/C24H28ClN3O5S/c1-3-6-21(29)27-13-15-28(16-14-27)24(31)23(26-22(30)20-8-5-4-7-17(20)2)34(32,33)19-11-9-18(25)10-12-19/h4-5,7-12,23H,3,6,13-16H2,1-2H3,(H,26,30)/t23-/m1/s1. The summed E-state index contributed by atoms with van der Waals surface area (Å²) in [5.74, 6) is -1.39. The van der Waals surface area contributed by atoms with Crippen molar-refractivity contribution in [2.45, 2.75) is 37.0 Å². The van der Waals surface area contributed by atoms with Gasteiger partial charge in [-0.25, -0.2) is 8.42 Å². The number of carbonyl (C=O) groups excluding carboxylic acids is 3. The minimum Gasteiger partial charge on any atom is -0.339 e. The van der Waals surface area contributed by atoms with Crippen molar-refractivity contribution >= 4 is 39.2 Å². The molecule has 0 aromatic heterocycles. The number of carbonyl (C=O) groups is 3. The number of nitrogens with zero attached hydrogens (tertiary/aromatic N) is 2. The number of nitrogens with one attached hydrogen (secondary N) is 1. The highest BCUT2D eigenvalue weighted by Crippen LogP contribution is 2.21. The number of rotatable bonds is 7. The van der Waals surface area contributed by atoms with Crippen molar-refractivity contribution in [2.24, 2.45) is 0 Å². The number of hydrogen-bond donors (Lipinski definition) is 1. The van der Waals surface area contributed by atoms with Crippen LogP contribution in [0.5, 0.6) is 0 Å². The van der Waals surface area contributed by atoms with Crippen LogP contribution in [0.25, 0.3) is 0 Å². The third kappa shape index (κ3) is 5.77. The molecular weight excluding hydrogens is 478 g/mol. The van der Waals surface area contributed by atoms with Crippen LogP contribution in [0.2, 0.25) is 5.02 Å². The quantitative estimate of drug-likeness (QED) is 0.623. The van der Waals surface area contributed by atoms with Gasteiger partial charge in [-0.15, -0.1) is 0 Å². The van der Waals surface area contributed by atoms with E-state index in [-0.39, 0.29) is 29.5 Å². The average Bonchev–Trinajstić information content (AvgIpc) is 2.82. The van der Waals surface area contributed by atoms with E-state index in [0.717, 1.165) is 6.42 Å². The Morgan fingerprint density at radius 3 is 2.15 bits per heavy atom. The monoisotopic (exact) mass is 505 g/mol. The molecule has 34 heavy (non-hydrogen) atoms. The van der Waals surface area contributed by atoms with Crippen molar-refractivity contribution in [3.63, 3.8) is 0 Å². The molecule has 1 atom stereocenters. The van der Waals surface area contributed by atoms with Gasteiger partial charge in [0.1, 0.15) is 0 Å². The van der Waals surface area contributed by atoms with Crippen LogP contribution >= 0.6 is 11.6 Å². The van der Waals surface area contributed by atoms with Crippen molar-refractivity contribution in [1.82, 2.24) is 15.1 Å². The van der Waals surface area contributed by atoms with Crippen LogP contribution in [0.4, 0.5) is 0 Å². The molecule has 0 spiro atoms. The second-order valence-corrected chi connectivity index (χ2v) is 10.6. The minimum absolute atomic E-state index is 0.00721. The maximum Gasteiger partial charge on any atom is 0.261 e. The van der Waals surface area contributed by atoms with Crippen molar-refractivity contribution in [3.8, 4) is 0 Å². The Morgan fingerprint density at radius 2 is 1.56 bits per heavy atom. The molecule has 0 unspecified atom stereocenters. The summed E-state index contributed by atoms with van der Waals surface area (Å²) in [6.07, 6.45) is 1.15. The Bertz CT molecular complexity index is 1160. The van der Waals surface area contributed by atoms with Crippen LogP contribution in [0.15, 0.2) is 53.4 Å². The average molecular weight is 506 g/mol. The van der Waals surface area contributed by atoms with Gasteiger partial charge in [-0.3, -0.25) is 14.4 Å². The summed E-state index contributed by atoms with van der Waals surface area (Å²) < 4.78 is 26.9. The molecule has 1 heterocycles. The maximum absolute atomic E-state index is 13.5. The fourth-order valence-corrected chi connectivity index (χ4v) is 5.36. The van der Waals surface area contributed by atoms with E-state index < -0.39 is 27.0 Å². The summed E-state index contributed by atoms with van der Waals surface area (Å²) in [4.78, 5) is 41.5. The molecule has 3 amide bonds. The van der Waals surface area contributed by atoms with E-state index in [0.29, 0.717) is 30.1 Å². The van der Waals surface area contributed by atoms with E-state index >= 15 is 0 Å². The highest BCUT2D eigenvalue weighted by molar-refractivity contribution is 7.92. The van der Waals surface area contributed by atoms with Gasteiger partial charge in [-0.05, 0) is 49.2 Å². The number of amides is 3. The molecule has 2 aromatic rings. The Balaban J connectivity index is 1.88. The Hall–Kier alpha value is -2.91. The molecule has 0 radical (unpaired) electrons. The number of sulfone groups is 1. The first kappa shape index (κ1) is 25.7. The molecule has 0 bridgehead atoms. The summed E-state index contributed by atoms with van der Waals surface area (Å²) in [6, 6.07) is 12.2. The van der Waals surface area contributed by atoms with Crippen LogP contribution in [-0.2, 0) is 19.4 Å². The van der Waals surface area contributed by atoms with Gasteiger partial charge in [0, 0.05) is 43.2 Å². The van der Waals surface area contributed by atoms with Crippen LogP contribution in [0.3, 0.4) is 0 Å². The Kier molecular flexibility index (Phi) is 8.33. The second kappa shape index (κ2) is 11.0.